The summed E-state index contributed by atoms with van der Waals surface area (Å²) >= 11 is 1.68. The second-order valence-electron chi connectivity index (χ2n) is 5.09. The minimum atomic E-state index is 0.219. The third-order valence-corrected chi connectivity index (χ3v) is 4.42. The second kappa shape index (κ2) is 5.59. The Morgan fingerprint density at radius 3 is 3.06 bits per heavy atom. The Kier molecular flexibility index (Phi) is 4.33. The van der Waals surface area contributed by atoms with Crippen molar-refractivity contribution in [3.63, 3.8) is 0 Å². The van der Waals surface area contributed by atoms with Gasteiger partial charge < -0.3 is 15.2 Å². The Balaban J connectivity index is 1.90. The number of fused-ring (bicyclic) bond motifs is 1. The molecule has 0 aromatic heterocycles. The molecule has 4 atom stereocenters. The molecular formula is C12H22N2O2S. The highest BCUT2D eigenvalue weighted by molar-refractivity contribution is 8.14. The fraction of sp³-hybridized carbons (Fsp3) is 0.917. The van der Waals surface area contributed by atoms with Crippen molar-refractivity contribution >= 4 is 16.9 Å². The molecule has 2 N–H and O–H groups in total. The third-order valence-electron chi connectivity index (χ3n) is 3.35. The molecule has 0 aliphatic carbocycles. The third kappa shape index (κ3) is 3.36. The van der Waals surface area contributed by atoms with Gasteiger partial charge in [0, 0.05) is 5.25 Å². The van der Waals surface area contributed by atoms with E-state index >= 15 is 0 Å². The monoisotopic (exact) mass is 258 g/mol. The summed E-state index contributed by atoms with van der Waals surface area (Å²) in [6, 6.07) is 0.251. The molecule has 1 saturated heterocycles. The summed E-state index contributed by atoms with van der Waals surface area (Å²) in [4.78, 5) is 4.48. The molecule has 4 nitrogen and oxygen atoms in total. The van der Waals surface area contributed by atoms with E-state index in [0.29, 0.717) is 29.5 Å². The molecule has 0 radical (unpaired) electrons. The van der Waals surface area contributed by atoms with Gasteiger partial charge >= 0.3 is 0 Å². The van der Waals surface area contributed by atoms with Gasteiger partial charge in [-0.1, -0.05) is 18.7 Å². The van der Waals surface area contributed by atoms with Crippen LogP contribution in [0, 0.1) is 5.92 Å². The summed E-state index contributed by atoms with van der Waals surface area (Å²) in [6.07, 6.45) is 1.52. The summed E-state index contributed by atoms with van der Waals surface area (Å²) in [6.45, 7) is 7.71. The Morgan fingerprint density at radius 1 is 1.59 bits per heavy atom. The normalized spacial score (nSPS) is 37.8. The SMILES string of the molecule is CC(C)OCC1CC2C(CO1)N=C(N)SC2C. The molecule has 4 unspecified atom stereocenters. The molecule has 2 rings (SSSR count). The molecule has 0 bridgehead atoms. The van der Waals surface area contributed by atoms with Crippen LogP contribution in [0.15, 0.2) is 4.99 Å². The molecule has 0 spiro atoms. The number of ether oxygens (including phenoxy) is 2. The summed E-state index contributed by atoms with van der Waals surface area (Å²) in [7, 11) is 0. The quantitative estimate of drug-likeness (QED) is 0.836. The zero-order valence-electron chi connectivity index (χ0n) is 10.8. The first kappa shape index (κ1) is 13.2. The Labute approximate surface area is 107 Å². The number of hydrogen-bond donors (Lipinski definition) is 1. The average Bonchev–Trinajstić information content (AvgIpc) is 2.26. The fourth-order valence-electron chi connectivity index (χ4n) is 2.41. The van der Waals surface area contributed by atoms with Crippen LogP contribution >= 0.6 is 11.8 Å². The summed E-state index contributed by atoms with van der Waals surface area (Å²) in [5, 5.41) is 1.24. The largest absolute Gasteiger partial charge is 0.379 e. The second-order valence-corrected chi connectivity index (χ2v) is 6.49. The molecule has 0 saturated carbocycles. The Hall–Kier alpha value is -0.260. The average molecular weight is 258 g/mol. The number of nitrogens with zero attached hydrogens (tertiary/aromatic N) is 1. The van der Waals surface area contributed by atoms with Gasteiger partial charge in [-0.2, -0.15) is 0 Å². The molecule has 0 aromatic rings. The highest BCUT2D eigenvalue weighted by atomic mass is 32.2. The Morgan fingerprint density at radius 2 is 2.35 bits per heavy atom. The fourth-order valence-corrected chi connectivity index (χ4v) is 3.46. The first-order chi connectivity index (χ1) is 8.06. The summed E-state index contributed by atoms with van der Waals surface area (Å²) in [5.41, 5.74) is 5.80. The lowest BCUT2D eigenvalue weighted by atomic mass is 9.89. The van der Waals surface area contributed by atoms with Gasteiger partial charge in [-0.05, 0) is 26.2 Å². The molecule has 2 aliphatic heterocycles. The van der Waals surface area contributed by atoms with Crippen LogP contribution in [-0.2, 0) is 9.47 Å². The van der Waals surface area contributed by atoms with E-state index in [1.807, 2.05) is 0 Å². The number of amidine groups is 1. The molecule has 0 amide bonds. The zero-order chi connectivity index (χ0) is 12.4. The minimum Gasteiger partial charge on any atom is -0.379 e. The first-order valence-electron chi connectivity index (χ1n) is 6.29. The van der Waals surface area contributed by atoms with Crippen LogP contribution in [0.3, 0.4) is 0 Å². The van der Waals surface area contributed by atoms with E-state index in [0.717, 1.165) is 6.42 Å². The van der Waals surface area contributed by atoms with E-state index in [1.54, 1.807) is 11.8 Å². The van der Waals surface area contributed by atoms with Crippen LogP contribution in [0.25, 0.3) is 0 Å². The molecule has 1 fully saturated rings. The molecule has 0 aromatic carbocycles. The molecule has 5 heteroatoms. The van der Waals surface area contributed by atoms with Crippen molar-refractivity contribution in [2.24, 2.45) is 16.6 Å². The highest BCUT2D eigenvalue weighted by Crippen LogP contribution is 2.36. The molecular weight excluding hydrogens is 236 g/mol. The number of hydrogen-bond acceptors (Lipinski definition) is 5. The number of nitrogens with two attached hydrogens (primary N) is 1. The number of aliphatic imine (C=N–C) groups is 1. The van der Waals surface area contributed by atoms with Crippen molar-refractivity contribution in [2.45, 2.75) is 50.7 Å². The molecule has 2 aliphatic rings. The number of rotatable bonds is 3. The first-order valence-corrected chi connectivity index (χ1v) is 7.17. The van der Waals surface area contributed by atoms with Crippen LogP contribution in [-0.4, -0.2) is 41.9 Å². The minimum absolute atomic E-state index is 0.219. The van der Waals surface area contributed by atoms with Crippen molar-refractivity contribution in [2.75, 3.05) is 13.2 Å². The maximum absolute atomic E-state index is 5.80. The van der Waals surface area contributed by atoms with Crippen LogP contribution < -0.4 is 5.73 Å². The van der Waals surface area contributed by atoms with Crippen molar-refractivity contribution in [3.8, 4) is 0 Å². The highest BCUT2D eigenvalue weighted by Gasteiger charge is 2.38. The predicted molar refractivity (Wildman–Crippen MR) is 71.4 cm³/mol. The van der Waals surface area contributed by atoms with Crippen LogP contribution in [0.5, 0.6) is 0 Å². The van der Waals surface area contributed by atoms with E-state index in [4.69, 9.17) is 15.2 Å². The molecule has 17 heavy (non-hydrogen) atoms. The van der Waals surface area contributed by atoms with Crippen molar-refractivity contribution in [3.05, 3.63) is 0 Å². The number of thioether (sulfide) groups is 1. The van der Waals surface area contributed by atoms with Gasteiger partial charge in [0.2, 0.25) is 0 Å². The Bertz CT molecular complexity index is 296. The molecule has 2 heterocycles. The van der Waals surface area contributed by atoms with Crippen LogP contribution in [0.2, 0.25) is 0 Å². The summed E-state index contributed by atoms with van der Waals surface area (Å²) < 4.78 is 11.4. The van der Waals surface area contributed by atoms with Gasteiger partial charge in [-0.3, -0.25) is 4.99 Å². The lowest BCUT2D eigenvalue weighted by Gasteiger charge is -2.39. The van der Waals surface area contributed by atoms with E-state index < -0.39 is 0 Å². The van der Waals surface area contributed by atoms with Gasteiger partial charge in [0.15, 0.2) is 5.17 Å². The van der Waals surface area contributed by atoms with Crippen molar-refractivity contribution in [1.29, 1.82) is 0 Å². The van der Waals surface area contributed by atoms with Crippen LogP contribution in [0.4, 0.5) is 0 Å². The smallest absolute Gasteiger partial charge is 0.154 e. The van der Waals surface area contributed by atoms with E-state index in [2.05, 4.69) is 25.8 Å². The standard InChI is InChI=1S/C12H22N2O2S/c1-7(2)15-5-9-4-10-8(3)17-12(13)14-11(10)6-16-9/h7-11H,4-6H2,1-3H3,(H2,13,14). The van der Waals surface area contributed by atoms with Crippen molar-refractivity contribution in [1.82, 2.24) is 0 Å². The summed E-state index contributed by atoms with van der Waals surface area (Å²) in [5.74, 6) is 0.571. The lowest BCUT2D eigenvalue weighted by Crippen LogP contribution is -2.45. The van der Waals surface area contributed by atoms with E-state index in [9.17, 15) is 0 Å². The van der Waals surface area contributed by atoms with Gasteiger partial charge in [0.05, 0.1) is 31.5 Å². The van der Waals surface area contributed by atoms with Gasteiger partial charge in [-0.15, -0.1) is 0 Å². The predicted octanol–water partition coefficient (Wildman–Crippen LogP) is 1.64. The van der Waals surface area contributed by atoms with Gasteiger partial charge in [0.25, 0.3) is 0 Å². The zero-order valence-corrected chi connectivity index (χ0v) is 11.6. The maximum Gasteiger partial charge on any atom is 0.154 e. The van der Waals surface area contributed by atoms with Crippen molar-refractivity contribution < 1.29 is 9.47 Å². The maximum atomic E-state index is 5.80. The topological polar surface area (TPSA) is 56.8 Å². The van der Waals surface area contributed by atoms with E-state index in [-0.39, 0.29) is 18.2 Å². The van der Waals surface area contributed by atoms with Crippen LogP contribution in [0.1, 0.15) is 27.2 Å². The van der Waals surface area contributed by atoms with E-state index in [1.165, 1.54) is 0 Å². The van der Waals surface area contributed by atoms with Gasteiger partial charge in [-0.25, -0.2) is 0 Å². The molecule has 98 valence electrons. The van der Waals surface area contributed by atoms with Gasteiger partial charge in [0.1, 0.15) is 0 Å². The lowest BCUT2D eigenvalue weighted by molar-refractivity contribution is -0.0761.